The van der Waals surface area contributed by atoms with Crippen molar-refractivity contribution in [3.63, 3.8) is 0 Å². The van der Waals surface area contributed by atoms with E-state index in [9.17, 15) is 14.7 Å². The molecule has 0 saturated heterocycles. The fraction of sp³-hybridized carbons (Fsp3) is 0.226. The summed E-state index contributed by atoms with van der Waals surface area (Å²) in [6, 6.07) is 27.2. The Labute approximate surface area is 205 Å². The molecule has 4 heteroatoms. The normalized spacial score (nSPS) is 17.3. The Balaban J connectivity index is 1.52. The Kier molecular flexibility index (Phi) is 5.78. The zero-order chi connectivity index (χ0) is 24.7. The minimum Gasteiger partial charge on any atom is -0.375 e. The molecule has 4 aromatic rings. The quantitative estimate of drug-likeness (QED) is 0.343. The first-order valence-corrected chi connectivity index (χ1v) is 12.0. The molecule has 0 unspecified atom stereocenters. The van der Waals surface area contributed by atoms with Crippen molar-refractivity contribution < 1.29 is 14.7 Å². The van der Waals surface area contributed by atoms with Gasteiger partial charge in [0.2, 0.25) is 0 Å². The Hall–Kier alpha value is -3.76. The number of aliphatic hydroxyl groups is 1. The Morgan fingerprint density at radius 1 is 0.943 bits per heavy atom. The van der Waals surface area contributed by atoms with Crippen LogP contribution >= 0.6 is 0 Å². The number of fused-ring (bicyclic) bond motifs is 2. The molecule has 0 spiro atoms. The van der Waals surface area contributed by atoms with Gasteiger partial charge in [0.1, 0.15) is 0 Å². The van der Waals surface area contributed by atoms with Crippen molar-refractivity contribution in [3.8, 4) is 0 Å². The Bertz CT molecular complexity index is 1450. The zero-order valence-corrected chi connectivity index (χ0v) is 20.3. The number of ketones is 1. The molecule has 0 fully saturated rings. The first-order chi connectivity index (χ1) is 16.8. The number of nitrogens with zero attached hydrogens (tertiary/aromatic N) is 1. The fourth-order valence-corrected chi connectivity index (χ4v) is 5.06. The van der Waals surface area contributed by atoms with Gasteiger partial charge in [-0.05, 0) is 52.4 Å². The van der Waals surface area contributed by atoms with Crippen LogP contribution in [0.15, 0.2) is 84.9 Å². The van der Waals surface area contributed by atoms with E-state index < -0.39 is 11.5 Å². The highest BCUT2D eigenvalue weighted by atomic mass is 16.3. The molecule has 1 aliphatic heterocycles. The van der Waals surface area contributed by atoms with Gasteiger partial charge in [0.15, 0.2) is 11.4 Å². The van der Waals surface area contributed by atoms with Crippen molar-refractivity contribution in [2.24, 2.45) is 0 Å². The number of carbonyl (C=O) groups is 2. The van der Waals surface area contributed by atoms with Crippen LogP contribution in [-0.4, -0.2) is 16.8 Å². The summed E-state index contributed by atoms with van der Waals surface area (Å²) in [5.41, 5.74) is 2.67. The number of benzene rings is 4. The van der Waals surface area contributed by atoms with Gasteiger partial charge in [-0.15, -0.1) is 0 Å². The molecule has 0 saturated carbocycles. The van der Waals surface area contributed by atoms with E-state index in [4.69, 9.17) is 0 Å². The van der Waals surface area contributed by atoms with Crippen LogP contribution in [0.5, 0.6) is 0 Å². The standard InChI is InChI=1S/C31H29NO3/c1-20(2)23-16-15-21(3)26(17-23)29(33)18-31(35)27-13-6-7-14-28(27)32(30(31)34)19-24-11-8-10-22-9-4-5-12-25(22)24/h4-17,20,35H,18-19H2,1-3H3/t31-/m1/s1. The molecule has 0 aliphatic carbocycles. The van der Waals surface area contributed by atoms with E-state index in [1.54, 1.807) is 17.0 Å². The van der Waals surface area contributed by atoms with Crippen LogP contribution in [0.1, 0.15) is 58.8 Å². The molecule has 176 valence electrons. The molecule has 1 atom stereocenters. The van der Waals surface area contributed by atoms with Crippen LogP contribution in [0.25, 0.3) is 10.8 Å². The van der Waals surface area contributed by atoms with Crippen molar-refractivity contribution in [2.45, 2.75) is 45.3 Å². The largest absolute Gasteiger partial charge is 0.375 e. The van der Waals surface area contributed by atoms with Gasteiger partial charge >= 0.3 is 0 Å². The van der Waals surface area contributed by atoms with Gasteiger partial charge in [-0.3, -0.25) is 9.59 Å². The maximum absolute atomic E-state index is 13.8. The van der Waals surface area contributed by atoms with Crippen molar-refractivity contribution in [2.75, 3.05) is 4.90 Å². The molecular formula is C31H29NO3. The number of anilines is 1. The fourth-order valence-electron chi connectivity index (χ4n) is 5.06. The lowest BCUT2D eigenvalue weighted by atomic mass is 9.86. The number of Topliss-reactive ketones (excluding diaryl/α,β-unsaturated/α-hetero) is 1. The van der Waals surface area contributed by atoms with E-state index in [-0.39, 0.29) is 18.1 Å². The SMILES string of the molecule is Cc1ccc(C(C)C)cc1C(=O)C[C@]1(O)C(=O)N(Cc2cccc3ccccc23)c2ccccc21. The monoisotopic (exact) mass is 463 g/mol. The van der Waals surface area contributed by atoms with Crippen LogP contribution in [0.3, 0.4) is 0 Å². The van der Waals surface area contributed by atoms with Crippen LogP contribution in [-0.2, 0) is 16.9 Å². The van der Waals surface area contributed by atoms with Gasteiger partial charge in [-0.2, -0.15) is 0 Å². The second kappa shape index (κ2) is 8.79. The summed E-state index contributed by atoms with van der Waals surface area (Å²) in [6.45, 7) is 6.36. The molecule has 4 aromatic carbocycles. The number of amides is 1. The summed E-state index contributed by atoms with van der Waals surface area (Å²) in [4.78, 5) is 28.9. The second-order valence-electron chi connectivity index (χ2n) is 9.74. The summed E-state index contributed by atoms with van der Waals surface area (Å²) in [5, 5.41) is 13.9. The predicted molar refractivity (Wildman–Crippen MR) is 140 cm³/mol. The number of hydrogen-bond donors (Lipinski definition) is 1. The third kappa shape index (κ3) is 3.94. The topological polar surface area (TPSA) is 57.6 Å². The molecule has 1 amide bonds. The molecule has 0 radical (unpaired) electrons. The third-order valence-electron chi connectivity index (χ3n) is 7.09. The molecule has 0 bridgehead atoms. The number of para-hydroxylation sites is 1. The van der Waals surface area contributed by atoms with Gasteiger partial charge in [0.05, 0.1) is 18.7 Å². The summed E-state index contributed by atoms with van der Waals surface area (Å²) in [7, 11) is 0. The van der Waals surface area contributed by atoms with Crippen LogP contribution in [0.4, 0.5) is 5.69 Å². The van der Waals surface area contributed by atoms with E-state index in [1.807, 2.05) is 79.7 Å². The van der Waals surface area contributed by atoms with Crippen LogP contribution in [0.2, 0.25) is 0 Å². The Morgan fingerprint density at radius 3 is 2.46 bits per heavy atom. The summed E-state index contributed by atoms with van der Waals surface area (Å²) < 4.78 is 0. The molecule has 1 heterocycles. The van der Waals surface area contributed by atoms with Gasteiger partial charge in [0, 0.05) is 11.1 Å². The molecule has 4 nitrogen and oxygen atoms in total. The van der Waals surface area contributed by atoms with Crippen molar-refractivity contribution in [3.05, 3.63) is 113 Å². The molecule has 1 aliphatic rings. The molecule has 35 heavy (non-hydrogen) atoms. The maximum Gasteiger partial charge on any atom is 0.264 e. The minimum absolute atomic E-state index is 0.234. The first-order valence-electron chi connectivity index (χ1n) is 12.0. The predicted octanol–water partition coefficient (Wildman–Crippen LogP) is 6.28. The van der Waals surface area contributed by atoms with E-state index >= 15 is 0 Å². The van der Waals surface area contributed by atoms with Crippen molar-refractivity contribution in [1.29, 1.82) is 0 Å². The van der Waals surface area contributed by atoms with Gasteiger partial charge in [-0.25, -0.2) is 0 Å². The summed E-state index contributed by atoms with van der Waals surface area (Å²) in [6.07, 6.45) is -0.294. The summed E-state index contributed by atoms with van der Waals surface area (Å²) >= 11 is 0. The average molecular weight is 464 g/mol. The molecular weight excluding hydrogens is 434 g/mol. The number of carbonyl (C=O) groups excluding carboxylic acids is 2. The van der Waals surface area contributed by atoms with Crippen LogP contribution < -0.4 is 4.90 Å². The van der Waals surface area contributed by atoms with E-state index in [2.05, 4.69) is 13.8 Å². The van der Waals surface area contributed by atoms with E-state index in [0.29, 0.717) is 23.4 Å². The van der Waals surface area contributed by atoms with E-state index in [1.165, 1.54) is 0 Å². The lowest BCUT2D eigenvalue weighted by Gasteiger charge is -2.24. The zero-order valence-electron chi connectivity index (χ0n) is 20.3. The molecule has 0 aromatic heterocycles. The first kappa shape index (κ1) is 23.0. The molecule has 1 N–H and O–H groups in total. The highest BCUT2D eigenvalue weighted by molar-refractivity contribution is 6.11. The van der Waals surface area contributed by atoms with Crippen molar-refractivity contribution in [1.82, 2.24) is 0 Å². The lowest BCUT2D eigenvalue weighted by Crippen LogP contribution is -2.41. The lowest BCUT2D eigenvalue weighted by molar-refractivity contribution is -0.136. The summed E-state index contributed by atoms with van der Waals surface area (Å²) in [5.74, 6) is -0.421. The van der Waals surface area contributed by atoms with Crippen LogP contribution in [0, 0.1) is 6.92 Å². The number of hydrogen-bond acceptors (Lipinski definition) is 3. The Morgan fingerprint density at radius 2 is 1.66 bits per heavy atom. The smallest absolute Gasteiger partial charge is 0.264 e. The van der Waals surface area contributed by atoms with Gasteiger partial charge in [0.25, 0.3) is 5.91 Å². The minimum atomic E-state index is -1.90. The van der Waals surface area contributed by atoms with Crippen molar-refractivity contribution >= 4 is 28.2 Å². The maximum atomic E-state index is 13.8. The average Bonchev–Trinajstić information content (AvgIpc) is 3.06. The third-order valence-corrected chi connectivity index (χ3v) is 7.09. The molecule has 5 rings (SSSR count). The number of rotatable bonds is 6. The van der Waals surface area contributed by atoms with E-state index in [0.717, 1.165) is 27.5 Å². The highest BCUT2D eigenvalue weighted by Gasteiger charge is 2.50. The number of aryl methyl sites for hydroxylation is 1. The van der Waals surface area contributed by atoms with Gasteiger partial charge in [-0.1, -0.05) is 86.6 Å². The highest BCUT2D eigenvalue weighted by Crippen LogP contribution is 2.44. The van der Waals surface area contributed by atoms with Gasteiger partial charge < -0.3 is 10.0 Å². The second-order valence-corrected chi connectivity index (χ2v) is 9.74.